The van der Waals surface area contributed by atoms with Gasteiger partial charge in [0, 0.05) is 12.8 Å². The van der Waals surface area contributed by atoms with Crippen LogP contribution in [0.2, 0.25) is 0 Å². The third kappa shape index (κ3) is 3.51. The van der Waals surface area contributed by atoms with E-state index in [4.69, 9.17) is 0 Å². The van der Waals surface area contributed by atoms with Gasteiger partial charge in [-0.2, -0.15) is 57.1 Å². The van der Waals surface area contributed by atoms with Gasteiger partial charge in [0.2, 0.25) is 0 Å². The van der Waals surface area contributed by atoms with Crippen molar-refractivity contribution in [3.63, 3.8) is 0 Å². The summed E-state index contributed by atoms with van der Waals surface area (Å²) >= 11 is 0. The largest absolute Gasteiger partial charge is 0.392 e. The summed E-state index contributed by atoms with van der Waals surface area (Å²) in [4.78, 5) is 0. The Morgan fingerprint density at radius 2 is 0.864 bits per heavy atom. The highest BCUT2D eigenvalue weighted by molar-refractivity contribution is 5.07. The van der Waals surface area contributed by atoms with Crippen molar-refractivity contribution in [2.75, 3.05) is 0 Å². The maximum Gasteiger partial charge on any atom is 0.392 e. The molecule has 0 saturated heterocycles. The normalized spacial score (nSPS) is 16.1. The van der Waals surface area contributed by atoms with Gasteiger partial charge in [-0.25, -0.2) is 0 Å². The minimum atomic E-state index is -7.42. The van der Waals surface area contributed by atoms with Gasteiger partial charge in [-0.05, 0) is 0 Å². The van der Waals surface area contributed by atoms with Crippen LogP contribution in [0.4, 0.5) is 57.1 Å². The van der Waals surface area contributed by atoms with Crippen LogP contribution in [0.5, 0.6) is 0 Å². The molecule has 0 rings (SSSR count). The second-order valence-electron chi connectivity index (χ2n) is 4.17. The van der Waals surface area contributed by atoms with Crippen LogP contribution < -0.4 is 5.73 Å². The van der Waals surface area contributed by atoms with Crippen LogP contribution in [0.3, 0.4) is 0 Å². The molecule has 0 aliphatic rings. The van der Waals surface area contributed by atoms with E-state index in [0.29, 0.717) is 0 Å². The molecule has 22 heavy (non-hydrogen) atoms. The first kappa shape index (κ1) is 21.0. The molecule has 0 heterocycles. The monoisotopic (exact) mass is 363 g/mol. The van der Waals surface area contributed by atoms with E-state index in [1.54, 1.807) is 0 Å². The number of halogens is 13. The van der Waals surface area contributed by atoms with Crippen molar-refractivity contribution in [1.82, 2.24) is 0 Å². The lowest BCUT2D eigenvalue weighted by molar-refractivity contribution is -0.402. The van der Waals surface area contributed by atoms with Gasteiger partial charge in [0.25, 0.3) is 0 Å². The fraction of sp³-hybridized carbons (Fsp3) is 1.00. The average molecular weight is 363 g/mol. The molecule has 0 bridgehead atoms. The van der Waals surface area contributed by atoms with Crippen LogP contribution in [0, 0.1) is 0 Å². The standard InChI is InChI=1S/C8H6F13N/c9-3(10,1-2-4(11,12)13)5(14,15)6(16,17)7(18,19)8(20,21)22/h1-2,22H2. The van der Waals surface area contributed by atoms with Crippen molar-refractivity contribution in [2.45, 2.75) is 48.8 Å². The third-order valence-electron chi connectivity index (χ3n) is 2.39. The Labute approximate surface area is 113 Å². The molecule has 0 aromatic rings. The Morgan fingerprint density at radius 3 is 1.14 bits per heavy atom. The lowest BCUT2D eigenvalue weighted by atomic mass is 9.94. The second-order valence-corrected chi connectivity index (χ2v) is 4.17. The zero-order chi connectivity index (χ0) is 18.4. The molecule has 0 aromatic heterocycles. The summed E-state index contributed by atoms with van der Waals surface area (Å²) in [5, 5.41) is 0. The van der Waals surface area contributed by atoms with Gasteiger partial charge in [0.15, 0.2) is 0 Å². The van der Waals surface area contributed by atoms with Crippen LogP contribution in [0.1, 0.15) is 12.8 Å². The van der Waals surface area contributed by atoms with Crippen molar-refractivity contribution in [1.29, 1.82) is 0 Å². The van der Waals surface area contributed by atoms with Crippen LogP contribution >= 0.6 is 0 Å². The minimum Gasteiger partial charge on any atom is -0.267 e. The molecule has 2 N–H and O–H groups in total. The van der Waals surface area contributed by atoms with Crippen molar-refractivity contribution in [3.05, 3.63) is 0 Å². The Hall–Kier alpha value is -0.950. The highest BCUT2D eigenvalue weighted by Gasteiger charge is 2.85. The van der Waals surface area contributed by atoms with Gasteiger partial charge in [-0.1, -0.05) is 0 Å². The first-order valence-corrected chi connectivity index (χ1v) is 4.95. The van der Waals surface area contributed by atoms with Gasteiger partial charge >= 0.3 is 35.9 Å². The molecule has 0 amide bonds. The molecule has 0 fully saturated rings. The Bertz CT molecular complexity index is 390. The SMILES string of the molecule is NC(F)(F)C(F)(F)C(F)(F)C(F)(F)C(F)(F)CCC(F)(F)F. The van der Waals surface area contributed by atoms with Crippen molar-refractivity contribution in [3.8, 4) is 0 Å². The molecule has 0 spiro atoms. The topological polar surface area (TPSA) is 26.0 Å². The number of hydrogen-bond donors (Lipinski definition) is 1. The van der Waals surface area contributed by atoms with Crippen LogP contribution in [-0.2, 0) is 0 Å². The maximum atomic E-state index is 12.8. The molecule has 0 unspecified atom stereocenters. The summed E-state index contributed by atoms with van der Waals surface area (Å²) in [5.74, 6) is -28.2. The highest BCUT2D eigenvalue weighted by atomic mass is 19.4. The Balaban J connectivity index is 5.69. The maximum absolute atomic E-state index is 12.8. The van der Waals surface area contributed by atoms with E-state index in [1.807, 2.05) is 0 Å². The molecule has 134 valence electrons. The molecular formula is C8H6F13N. The quantitative estimate of drug-likeness (QED) is 0.549. The molecule has 0 aliphatic heterocycles. The fourth-order valence-corrected chi connectivity index (χ4v) is 1.09. The summed E-state index contributed by atoms with van der Waals surface area (Å²) in [7, 11) is 0. The Kier molecular flexibility index (Phi) is 5.07. The van der Waals surface area contributed by atoms with Gasteiger partial charge in [0.05, 0.1) is 0 Å². The van der Waals surface area contributed by atoms with Crippen molar-refractivity contribution in [2.24, 2.45) is 5.73 Å². The van der Waals surface area contributed by atoms with Crippen LogP contribution in [-0.4, -0.2) is 35.9 Å². The number of rotatable bonds is 6. The first-order valence-electron chi connectivity index (χ1n) is 4.95. The molecule has 1 nitrogen and oxygen atoms in total. The van der Waals surface area contributed by atoms with E-state index in [-0.39, 0.29) is 0 Å². The van der Waals surface area contributed by atoms with E-state index in [1.165, 1.54) is 0 Å². The van der Waals surface area contributed by atoms with E-state index in [9.17, 15) is 57.1 Å². The average Bonchev–Trinajstić information content (AvgIpc) is 2.23. The second kappa shape index (κ2) is 5.30. The lowest BCUT2D eigenvalue weighted by Gasteiger charge is -2.38. The third-order valence-corrected chi connectivity index (χ3v) is 2.39. The van der Waals surface area contributed by atoms with Crippen LogP contribution in [0.25, 0.3) is 0 Å². The van der Waals surface area contributed by atoms with Gasteiger partial charge in [-0.15, -0.1) is 0 Å². The predicted molar refractivity (Wildman–Crippen MR) is 44.2 cm³/mol. The number of nitrogens with two attached hydrogens (primary N) is 1. The zero-order valence-electron chi connectivity index (χ0n) is 9.91. The predicted octanol–water partition coefficient (Wildman–Crippen LogP) is 4.42. The van der Waals surface area contributed by atoms with Crippen LogP contribution in [0.15, 0.2) is 0 Å². The zero-order valence-corrected chi connectivity index (χ0v) is 9.91. The lowest BCUT2D eigenvalue weighted by Crippen LogP contribution is -2.69. The molecule has 0 atom stereocenters. The van der Waals surface area contributed by atoms with Crippen molar-refractivity contribution >= 4 is 0 Å². The molecule has 0 aliphatic carbocycles. The summed E-state index contributed by atoms with van der Waals surface area (Å²) in [6.07, 6.45) is -11.3. The fourth-order valence-electron chi connectivity index (χ4n) is 1.09. The summed E-state index contributed by atoms with van der Waals surface area (Å²) in [6, 6.07) is -6.33. The number of alkyl halides is 13. The summed E-state index contributed by atoms with van der Waals surface area (Å²) in [6.45, 7) is 0. The van der Waals surface area contributed by atoms with E-state index >= 15 is 0 Å². The van der Waals surface area contributed by atoms with E-state index in [0.717, 1.165) is 0 Å². The highest BCUT2D eigenvalue weighted by Crippen LogP contribution is 2.57. The van der Waals surface area contributed by atoms with Gasteiger partial charge in [-0.3, -0.25) is 5.73 Å². The summed E-state index contributed by atoms with van der Waals surface area (Å²) in [5.41, 5.74) is 3.26. The summed E-state index contributed by atoms with van der Waals surface area (Å²) < 4.78 is 161. The molecular weight excluding hydrogens is 357 g/mol. The molecule has 14 heteroatoms. The molecule has 0 aromatic carbocycles. The Morgan fingerprint density at radius 1 is 0.500 bits per heavy atom. The van der Waals surface area contributed by atoms with Gasteiger partial charge < -0.3 is 0 Å². The molecule has 0 radical (unpaired) electrons. The van der Waals surface area contributed by atoms with Crippen molar-refractivity contribution < 1.29 is 57.1 Å². The smallest absolute Gasteiger partial charge is 0.267 e. The van der Waals surface area contributed by atoms with Gasteiger partial charge in [0.1, 0.15) is 0 Å². The molecule has 0 saturated carbocycles. The minimum absolute atomic E-state index is 2.74. The van der Waals surface area contributed by atoms with E-state index in [2.05, 4.69) is 5.73 Å². The van der Waals surface area contributed by atoms with E-state index < -0.39 is 48.8 Å². The number of hydrogen-bond acceptors (Lipinski definition) is 1. The first-order chi connectivity index (χ1) is 9.21.